The molecule has 2 aromatic carbocycles. The minimum Gasteiger partial charge on any atom is -0.245 e. The van der Waals surface area contributed by atoms with Crippen molar-refractivity contribution in [2.45, 2.75) is 9.92 Å². The SMILES string of the molecule is N#Cc1cnc(Sc2ccc3ccccc3c2)cn1. The van der Waals surface area contributed by atoms with Gasteiger partial charge in [-0.15, -0.1) is 0 Å². The number of aromatic nitrogens is 2. The highest BCUT2D eigenvalue weighted by molar-refractivity contribution is 7.99. The van der Waals surface area contributed by atoms with Gasteiger partial charge in [0.05, 0.1) is 12.4 Å². The number of hydrogen-bond acceptors (Lipinski definition) is 4. The molecule has 0 aliphatic carbocycles. The summed E-state index contributed by atoms with van der Waals surface area (Å²) in [6.07, 6.45) is 3.11. The van der Waals surface area contributed by atoms with Gasteiger partial charge in [-0.3, -0.25) is 0 Å². The number of rotatable bonds is 2. The molecule has 1 aromatic heterocycles. The Hall–Kier alpha value is -2.38. The third-order valence-electron chi connectivity index (χ3n) is 2.69. The summed E-state index contributed by atoms with van der Waals surface area (Å²) in [4.78, 5) is 9.32. The Kier molecular flexibility index (Phi) is 3.13. The zero-order chi connectivity index (χ0) is 13.1. The summed E-state index contributed by atoms with van der Waals surface area (Å²) >= 11 is 1.54. The summed E-state index contributed by atoms with van der Waals surface area (Å²) < 4.78 is 0. The van der Waals surface area contributed by atoms with Crippen LogP contribution in [0.15, 0.2) is 64.8 Å². The molecule has 0 N–H and O–H groups in total. The van der Waals surface area contributed by atoms with Gasteiger partial charge in [0.15, 0.2) is 5.69 Å². The van der Waals surface area contributed by atoms with E-state index in [4.69, 9.17) is 5.26 Å². The van der Waals surface area contributed by atoms with Crippen molar-refractivity contribution in [3.8, 4) is 6.07 Å². The molecule has 0 aliphatic heterocycles. The maximum Gasteiger partial charge on any atom is 0.158 e. The van der Waals surface area contributed by atoms with Crippen molar-refractivity contribution in [2.24, 2.45) is 0 Å². The van der Waals surface area contributed by atoms with E-state index in [0.29, 0.717) is 5.69 Å². The average Bonchev–Trinajstić information content (AvgIpc) is 2.48. The fourth-order valence-corrected chi connectivity index (χ4v) is 2.55. The van der Waals surface area contributed by atoms with Crippen LogP contribution in [0.2, 0.25) is 0 Å². The van der Waals surface area contributed by atoms with Gasteiger partial charge in [0.1, 0.15) is 11.1 Å². The molecule has 0 spiro atoms. The number of hydrogen-bond donors (Lipinski definition) is 0. The monoisotopic (exact) mass is 263 g/mol. The van der Waals surface area contributed by atoms with E-state index < -0.39 is 0 Å². The van der Waals surface area contributed by atoms with Crippen molar-refractivity contribution in [1.29, 1.82) is 5.26 Å². The maximum absolute atomic E-state index is 8.68. The first kappa shape index (κ1) is 11.7. The molecule has 0 amide bonds. The van der Waals surface area contributed by atoms with Crippen LogP contribution in [-0.2, 0) is 0 Å². The zero-order valence-corrected chi connectivity index (χ0v) is 10.8. The van der Waals surface area contributed by atoms with Crippen LogP contribution in [0.3, 0.4) is 0 Å². The highest BCUT2D eigenvalue weighted by atomic mass is 32.2. The molecule has 3 nitrogen and oxygen atoms in total. The van der Waals surface area contributed by atoms with E-state index in [-0.39, 0.29) is 0 Å². The first-order chi connectivity index (χ1) is 9.35. The van der Waals surface area contributed by atoms with E-state index in [1.807, 2.05) is 18.2 Å². The van der Waals surface area contributed by atoms with Crippen molar-refractivity contribution in [1.82, 2.24) is 9.97 Å². The molecule has 3 aromatic rings. The second kappa shape index (κ2) is 5.09. The van der Waals surface area contributed by atoms with Crippen LogP contribution in [0.4, 0.5) is 0 Å². The lowest BCUT2D eigenvalue weighted by molar-refractivity contribution is 1.04. The molecule has 0 aliphatic rings. The van der Waals surface area contributed by atoms with Gasteiger partial charge in [0, 0.05) is 4.90 Å². The van der Waals surface area contributed by atoms with E-state index in [1.165, 1.54) is 28.7 Å². The van der Waals surface area contributed by atoms with E-state index in [0.717, 1.165) is 9.92 Å². The summed E-state index contributed by atoms with van der Waals surface area (Å²) in [6, 6.07) is 16.5. The summed E-state index contributed by atoms with van der Waals surface area (Å²) in [5.41, 5.74) is 0.336. The third kappa shape index (κ3) is 2.56. The molecule has 3 rings (SSSR count). The highest BCUT2D eigenvalue weighted by Crippen LogP contribution is 2.28. The fourth-order valence-electron chi connectivity index (χ4n) is 1.78. The summed E-state index contributed by atoms with van der Waals surface area (Å²) in [6.45, 7) is 0. The quantitative estimate of drug-likeness (QED) is 0.708. The largest absolute Gasteiger partial charge is 0.245 e. The van der Waals surface area contributed by atoms with Crippen molar-refractivity contribution >= 4 is 22.5 Å². The van der Waals surface area contributed by atoms with Crippen molar-refractivity contribution < 1.29 is 0 Å². The zero-order valence-electron chi connectivity index (χ0n) is 9.95. The molecule has 0 saturated heterocycles. The lowest BCUT2D eigenvalue weighted by Gasteiger charge is -2.02. The Balaban J connectivity index is 1.90. The van der Waals surface area contributed by atoms with E-state index in [2.05, 4.69) is 40.3 Å². The van der Waals surface area contributed by atoms with E-state index in [1.54, 1.807) is 6.20 Å². The predicted octanol–water partition coefficient (Wildman–Crippen LogP) is 3.65. The van der Waals surface area contributed by atoms with Crippen LogP contribution >= 0.6 is 11.8 Å². The second-order valence-electron chi connectivity index (χ2n) is 3.96. The minimum atomic E-state index is 0.336. The van der Waals surface area contributed by atoms with Gasteiger partial charge in [-0.25, -0.2) is 9.97 Å². The number of nitrogens with zero attached hydrogens (tertiary/aromatic N) is 3. The smallest absolute Gasteiger partial charge is 0.158 e. The Labute approximate surface area is 114 Å². The topological polar surface area (TPSA) is 49.6 Å². The van der Waals surface area contributed by atoms with Gasteiger partial charge in [-0.1, -0.05) is 42.1 Å². The van der Waals surface area contributed by atoms with Crippen LogP contribution in [0.1, 0.15) is 5.69 Å². The molecule has 0 radical (unpaired) electrons. The fraction of sp³-hybridized carbons (Fsp3) is 0. The molecule has 0 fully saturated rings. The Morgan fingerprint density at radius 3 is 2.53 bits per heavy atom. The van der Waals surface area contributed by atoms with Crippen LogP contribution in [0, 0.1) is 11.3 Å². The predicted molar refractivity (Wildman–Crippen MR) is 74.8 cm³/mol. The average molecular weight is 263 g/mol. The van der Waals surface area contributed by atoms with Crippen molar-refractivity contribution in [2.75, 3.05) is 0 Å². The normalized spacial score (nSPS) is 10.3. The molecule has 0 saturated carbocycles. The summed E-state index contributed by atoms with van der Waals surface area (Å²) in [7, 11) is 0. The lowest BCUT2D eigenvalue weighted by atomic mass is 10.1. The Bertz CT molecular complexity index is 760. The molecular formula is C15H9N3S. The van der Waals surface area contributed by atoms with Gasteiger partial charge in [-0.2, -0.15) is 5.26 Å². The molecule has 4 heteroatoms. The lowest BCUT2D eigenvalue weighted by Crippen LogP contribution is -1.86. The molecular weight excluding hydrogens is 254 g/mol. The van der Waals surface area contributed by atoms with Crippen molar-refractivity contribution in [3.05, 3.63) is 60.6 Å². The van der Waals surface area contributed by atoms with E-state index >= 15 is 0 Å². The van der Waals surface area contributed by atoms with Crippen LogP contribution in [-0.4, -0.2) is 9.97 Å². The number of nitriles is 1. The molecule has 0 atom stereocenters. The Morgan fingerprint density at radius 2 is 1.79 bits per heavy atom. The van der Waals surface area contributed by atoms with Crippen LogP contribution in [0.25, 0.3) is 10.8 Å². The second-order valence-corrected chi connectivity index (χ2v) is 5.06. The molecule has 1 heterocycles. The van der Waals surface area contributed by atoms with Gasteiger partial charge in [0.2, 0.25) is 0 Å². The molecule has 0 bridgehead atoms. The standard InChI is InChI=1S/C15H9N3S/c16-8-13-9-18-15(10-17-13)19-14-6-5-11-3-1-2-4-12(11)7-14/h1-7,9-10H. The summed E-state index contributed by atoms with van der Waals surface area (Å²) in [5, 5.41) is 11.9. The van der Waals surface area contributed by atoms with Gasteiger partial charge < -0.3 is 0 Å². The first-order valence-corrected chi connectivity index (χ1v) is 6.55. The maximum atomic E-state index is 8.68. The molecule has 90 valence electrons. The number of fused-ring (bicyclic) bond motifs is 1. The van der Waals surface area contributed by atoms with E-state index in [9.17, 15) is 0 Å². The highest BCUT2D eigenvalue weighted by Gasteiger charge is 2.01. The van der Waals surface area contributed by atoms with Gasteiger partial charge in [0.25, 0.3) is 0 Å². The summed E-state index contributed by atoms with van der Waals surface area (Å²) in [5.74, 6) is 0. The number of benzene rings is 2. The van der Waals surface area contributed by atoms with Gasteiger partial charge in [-0.05, 0) is 22.9 Å². The Morgan fingerprint density at radius 1 is 0.947 bits per heavy atom. The van der Waals surface area contributed by atoms with Gasteiger partial charge >= 0.3 is 0 Å². The van der Waals surface area contributed by atoms with Crippen molar-refractivity contribution in [3.63, 3.8) is 0 Å². The third-order valence-corrected chi connectivity index (χ3v) is 3.60. The molecule has 19 heavy (non-hydrogen) atoms. The first-order valence-electron chi connectivity index (χ1n) is 5.74. The minimum absolute atomic E-state index is 0.336. The van der Waals surface area contributed by atoms with Crippen LogP contribution < -0.4 is 0 Å². The van der Waals surface area contributed by atoms with Crippen LogP contribution in [0.5, 0.6) is 0 Å². The molecule has 0 unspecified atom stereocenters.